The highest BCUT2D eigenvalue weighted by Crippen LogP contribution is 2.15. The standard InChI is InChI=1S/C11H18N2S/c1-4-5-6-7-12-8-11-13-9(2)10(3)14-11/h4-5,12H,6-8H2,1-3H3/b5-4+. The van der Waals surface area contributed by atoms with Gasteiger partial charge in [-0.2, -0.15) is 0 Å². The van der Waals surface area contributed by atoms with E-state index in [4.69, 9.17) is 0 Å². The third kappa shape index (κ3) is 3.60. The van der Waals surface area contributed by atoms with Crippen LogP contribution in [0.25, 0.3) is 0 Å². The number of aromatic nitrogens is 1. The first kappa shape index (κ1) is 11.4. The van der Waals surface area contributed by atoms with E-state index in [9.17, 15) is 0 Å². The fourth-order valence-corrected chi connectivity index (χ4v) is 2.07. The second-order valence-electron chi connectivity index (χ2n) is 3.28. The van der Waals surface area contributed by atoms with E-state index in [-0.39, 0.29) is 0 Å². The highest BCUT2D eigenvalue weighted by atomic mass is 32.1. The molecule has 0 saturated heterocycles. The van der Waals surface area contributed by atoms with Crippen molar-refractivity contribution in [3.8, 4) is 0 Å². The topological polar surface area (TPSA) is 24.9 Å². The first-order chi connectivity index (χ1) is 6.74. The number of thiazole rings is 1. The van der Waals surface area contributed by atoms with E-state index in [1.165, 1.54) is 15.6 Å². The molecule has 0 atom stereocenters. The molecule has 1 aromatic heterocycles. The molecule has 0 saturated carbocycles. The first-order valence-electron chi connectivity index (χ1n) is 4.99. The second kappa shape index (κ2) is 5.94. The lowest BCUT2D eigenvalue weighted by Crippen LogP contribution is -2.13. The number of aryl methyl sites for hydroxylation is 2. The zero-order chi connectivity index (χ0) is 10.4. The molecule has 0 aliphatic heterocycles. The Morgan fingerprint density at radius 1 is 1.43 bits per heavy atom. The smallest absolute Gasteiger partial charge is 0.107 e. The van der Waals surface area contributed by atoms with Gasteiger partial charge in [0.2, 0.25) is 0 Å². The minimum absolute atomic E-state index is 0.900. The third-order valence-corrected chi connectivity index (χ3v) is 3.15. The van der Waals surface area contributed by atoms with Crippen molar-refractivity contribution in [1.82, 2.24) is 10.3 Å². The number of rotatable bonds is 5. The molecular weight excluding hydrogens is 192 g/mol. The zero-order valence-electron chi connectivity index (χ0n) is 9.13. The molecule has 1 heterocycles. The maximum atomic E-state index is 4.47. The summed E-state index contributed by atoms with van der Waals surface area (Å²) in [4.78, 5) is 5.79. The van der Waals surface area contributed by atoms with Gasteiger partial charge in [0.1, 0.15) is 5.01 Å². The molecule has 0 unspecified atom stereocenters. The van der Waals surface area contributed by atoms with E-state index in [1.807, 2.05) is 6.92 Å². The van der Waals surface area contributed by atoms with Gasteiger partial charge in [0.15, 0.2) is 0 Å². The molecule has 1 N–H and O–H groups in total. The van der Waals surface area contributed by atoms with E-state index < -0.39 is 0 Å². The summed E-state index contributed by atoms with van der Waals surface area (Å²) < 4.78 is 0. The van der Waals surface area contributed by atoms with E-state index in [0.29, 0.717) is 0 Å². The van der Waals surface area contributed by atoms with Gasteiger partial charge < -0.3 is 5.32 Å². The maximum Gasteiger partial charge on any atom is 0.107 e. The number of hydrogen-bond donors (Lipinski definition) is 1. The van der Waals surface area contributed by atoms with Gasteiger partial charge in [0, 0.05) is 11.4 Å². The molecule has 2 nitrogen and oxygen atoms in total. The normalized spacial score (nSPS) is 11.4. The van der Waals surface area contributed by atoms with E-state index in [1.54, 1.807) is 11.3 Å². The summed E-state index contributed by atoms with van der Waals surface area (Å²) in [5.41, 5.74) is 1.17. The quantitative estimate of drug-likeness (QED) is 0.597. The summed E-state index contributed by atoms with van der Waals surface area (Å²) in [6, 6.07) is 0. The Kier molecular flexibility index (Phi) is 4.84. The Labute approximate surface area is 90.1 Å². The fraction of sp³-hybridized carbons (Fsp3) is 0.545. The molecule has 0 aliphatic rings. The maximum absolute atomic E-state index is 4.47. The minimum atomic E-state index is 0.900. The zero-order valence-corrected chi connectivity index (χ0v) is 9.95. The van der Waals surface area contributed by atoms with Crippen LogP contribution in [0.2, 0.25) is 0 Å². The third-order valence-electron chi connectivity index (χ3n) is 2.07. The van der Waals surface area contributed by atoms with Gasteiger partial charge in [-0.1, -0.05) is 12.2 Å². The molecule has 1 rings (SSSR count). The molecule has 0 spiro atoms. The van der Waals surface area contributed by atoms with Gasteiger partial charge in [-0.25, -0.2) is 4.98 Å². The number of nitrogens with one attached hydrogen (secondary N) is 1. The number of hydrogen-bond acceptors (Lipinski definition) is 3. The predicted octanol–water partition coefficient (Wildman–Crippen LogP) is 2.82. The summed E-state index contributed by atoms with van der Waals surface area (Å²) in [7, 11) is 0. The van der Waals surface area contributed by atoms with Crippen molar-refractivity contribution in [3.05, 3.63) is 27.7 Å². The Hall–Kier alpha value is -0.670. The lowest BCUT2D eigenvalue weighted by atomic mass is 10.4. The second-order valence-corrected chi connectivity index (χ2v) is 4.57. The van der Waals surface area contributed by atoms with Crippen LogP contribution >= 0.6 is 11.3 Å². The van der Waals surface area contributed by atoms with Crippen molar-refractivity contribution in [3.63, 3.8) is 0 Å². The fourth-order valence-electron chi connectivity index (χ4n) is 1.16. The van der Waals surface area contributed by atoms with Crippen LogP contribution in [0.1, 0.15) is 28.9 Å². The molecule has 0 bridgehead atoms. The summed E-state index contributed by atoms with van der Waals surface area (Å²) >= 11 is 1.79. The Balaban J connectivity index is 2.24. The molecule has 0 radical (unpaired) electrons. The number of allylic oxidation sites excluding steroid dienone is 1. The van der Waals surface area contributed by atoms with Crippen LogP contribution in [0.5, 0.6) is 0 Å². The molecule has 78 valence electrons. The lowest BCUT2D eigenvalue weighted by Gasteiger charge is -1.98. The lowest BCUT2D eigenvalue weighted by molar-refractivity contribution is 0.691. The molecule has 14 heavy (non-hydrogen) atoms. The van der Waals surface area contributed by atoms with Crippen molar-refractivity contribution in [2.75, 3.05) is 6.54 Å². The Bertz CT molecular complexity index is 283. The summed E-state index contributed by atoms with van der Waals surface area (Å²) in [6.07, 6.45) is 5.35. The van der Waals surface area contributed by atoms with Crippen molar-refractivity contribution in [2.24, 2.45) is 0 Å². The van der Waals surface area contributed by atoms with Crippen LogP contribution in [0.3, 0.4) is 0 Å². The summed E-state index contributed by atoms with van der Waals surface area (Å²) in [5.74, 6) is 0. The van der Waals surface area contributed by atoms with Gasteiger partial charge in [-0.05, 0) is 33.7 Å². The van der Waals surface area contributed by atoms with Crippen LogP contribution in [-0.2, 0) is 6.54 Å². The minimum Gasteiger partial charge on any atom is -0.310 e. The highest BCUT2D eigenvalue weighted by molar-refractivity contribution is 7.11. The molecule has 0 aliphatic carbocycles. The molecule has 0 aromatic carbocycles. The average Bonchev–Trinajstić information content (AvgIpc) is 2.46. The van der Waals surface area contributed by atoms with Crippen molar-refractivity contribution in [2.45, 2.75) is 33.7 Å². The largest absolute Gasteiger partial charge is 0.310 e. The molecule has 0 fully saturated rings. The van der Waals surface area contributed by atoms with Crippen molar-refractivity contribution < 1.29 is 0 Å². The first-order valence-corrected chi connectivity index (χ1v) is 5.80. The molecule has 1 aromatic rings. The van der Waals surface area contributed by atoms with Crippen LogP contribution in [-0.4, -0.2) is 11.5 Å². The van der Waals surface area contributed by atoms with E-state index in [2.05, 4.69) is 36.3 Å². The van der Waals surface area contributed by atoms with Crippen LogP contribution in [0.4, 0.5) is 0 Å². The molecule has 3 heteroatoms. The van der Waals surface area contributed by atoms with Gasteiger partial charge in [-0.3, -0.25) is 0 Å². The van der Waals surface area contributed by atoms with E-state index >= 15 is 0 Å². The van der Waals surface area contributed by atoms with Gasteiger partial charge >= 0.3 is 0 Å². The average molecular weight is 210 g/mol. The SMILES string of the molecule is C/C=C/CCNCc1nc(C)c(C)s1. The number of nitrogens with zero attached hydrogens (tertiary/aromatic N) is 1. The van der Waals surface area contributed by atoms with Gasteiger partial charge in [0.05, 0.1) is 5.69 Å². The summed E-state index contributed by atoms with van der Waals surface area (Å²) in [6.45, 7) is 8.16. The molecular formula is C11H18N2S. The summed E-state index contributed by atoms with van der Waals surface area (Å²) in [5, 5.41) is 4.57. The Morgan fingerprint density at radius 2 is 2.21 bits per heavy atom. The monoisotopic (exact) mass is 210 g/mol. The van der Waals surface area contributed by atoms with Crippen LogP contribution in [0, 0.1) is 13.8 Å². The van der Waals surface area contributed by atoms with Crippen molar-refractivity contribution >= 4 is 11.3 Å². The van der Waals surface area contributed by atoms with Crippen molar-refractivity contribution in [1.29, 1.82) is 0 Å². The molecule has 0 amide bonds. The van der Waals surface area contributed by atoms with Crippen LogP contribution < -0.4 is 5.32 Å². The van der Waals surface area contributed by atoms with E-state index in [0.717, 1.165) is 19.5 Å². The predicted molar refractivity (Wildman–Crippen MR) is 62.7 cm³/mol. The van der Waals surface area contributed by atoms with Crippen LogP contribution in [0.15, 0.2) is 12.2 Å². The van der Waals surface area contributed by atoms with Gasteiger partial charge in [0.25, 0.3) is 0 Å². The Morgan fingerprint density at radius 3 is 2.79 bits per heavy atom. The van der Waals surface area contributed by atoms with Gasteiger partial charge in [-0.15, -0.1) is 11.3 Å². The highest BCUT2D eigenvalue weighted by Gasteiger charge is 2.01.